The lowest BCUT2D eigenvalue weighted by Crippen LogP contribution is -2.65. The molecule has 6 aliphatic rings. The second-order valence-electron chi connectivity index (χ2n) is 15.4. The second-order valence-corrected chi connectivity index (χ2v) is 15.8. The predicted octanol–water partition coefficient (Wildman–Crippen LogP) is 6.83. The van der Waals surface area contributed by atoms with E-state index in [9.17, 15) is 19.5 Å². The number of hydrogen-bond donors (Lipinski definition) is 3. The second kappa shape index (κ2) is 11.0. The van der Waals surface area contributed by atoms with E-state index in [1.807, 2.05) is 30.3 Å². The Hall–Kier alpha value is -3.52. The van der Waals surface area contributed by atoms with E-state index in [0.717, 1.165) is 44.1 Å². The maximum absolute atomic E-state index is 14.4. The Morgan fingerprint density at radius 1 is 1.00 bits per heavy atom. The van der Waals surface area contributed by atoms with Gasteiger partial charge in [0, 0.05) is 5.41 Å². The number of amides is 3. The van der Waals surface area contributed by atoms with Gasteiger partial charge in [0.05, 0.1) is 29.5 Å². The van der Waals surface area contributed by atoms with Gasteiger partial charge in [0.2, 0.25) is 17.7 Å². The van der Waals surface area contributed by atoms with Gasteiger partial charge in [-0.2, -0.15) is 0 Å². The van der Waals surface area contributed by atoms with Gasteiger partial charge >= 0.3 is 0 Å². The summed E-state index contributed by atoms with van der Waals surface area (Å²) in [5.41, 5.74) is 1.56. The van der Waals surface area contributed by atoms with Crippen molar-refractivity contribution in [2.24, 2.45) is 51.8 Å². The van der Waals surface area contributed by atoms with Crippen molar-refractivity contribution >= 4 is 40.7 Å². The van der Waals surface area contributed by atoms with Gasteiger partial charge in [-0.05, 0) is 91.1 Å². The Kier molecular flexibility index (Phi) is 7.46. The zero-order chi connectivity index (χ0) is 32.6. The number of anilines is 1. The van der Waals surface area contributed by atoms with Gasteiger partial charge in [-0.15, -0.1) is 0 Å². The van der Waals surface area contributed by atoms with Gasteiger partial charge < -0.3 is 15.7 Å². The first-order valence-electron chi connectivity index (χ1n) is 16.9. The average Bonchev–Trinajstić information content (AvgIpc) is 3.29. The fourth-order valence-corrected chi connectivity index (χ4v) is 11.1. The number of fused-ring (bicyclic) bond motifs is 1. The molecule has 0 radical (unpaired) electrons. The standard InChI is InChI=1S/C38H45N3O4S/c1-22(2)25-20-38-18-15-28-36(3,16-10-17-37(28,4)34(45)40-35(46)39-26-13-8-9-14-27(26)42)29(38)19-24(25)30-31(38)33(44)41(32(30)43)21-23-11-6-5-7-12-23/h5-9,11-14,20,22,24,28-31,42H,10,15-19,21H2,1-4H3,(H2,39,40,45,46)/t24-,28+,29+,30+,31-,36-,37+,38-/m0/s1. The van der Waals surface area contributed by atoms with Gasteiger partial charge in [-0.3, -0.25) is 19.3 Å². The number of para-hydroxylation sites is 2. The van der Waals surface area contributed by atoms with E-state index < -0.39 is 10.8 Å². The van der Waals surface area contributed by atoms with Crippen molar-refractivity contribution in [1.82, 2.24) is 10.2 Å². The summed E-state index contributed by atoms with van der Waals surface area (Å²) in [6, 6.07) is 16.7. The molecule has 8 atom stereocenters. The Bertz CT molecular complexity index is 1640. The third kappa shape index (κ3) is 4.49. The molecule has 0 aromatic heterocycles. The number of phenolic OH excluding ortho intramolecular Hbond substituents is 1. The molecular formula is C38H45N3O4S. The highest BCUT2D eigenvalue weighted by Crippen LogP contribution is 2.74. The smallest absolute Gasteiger partial charge is 0.234 e. The van der Waals surface area contributed by atoms with Gasteiger partial charge in [-0.25, -0.2) is 0 Å². The summed E-state index contributed by atoms with van der Waals surface area (Å²) in [6.45, 7) is 9.22. The number of nitrogens with zero attached hydrogens (tertiary/aromatic N) is 1. The van der Waals surface area contributed by atoms with E-state index >= 15 is 0 Å². The molecular weight excluding hydrogens is 595 g/mol. The highest BCUT2D eigenvalue weighted by Gasteiger charge is 2.73. The molecule has 46 heavy (non-hydrogen) atoms. The van der Waals surface area contributed by atoms with E-state index in [4.69, 9.17) is 12.2 Å². The number of allylic oxidation sites excluding steroid dienone is 2. The molecule has 1 spiro atoms. The van der Waals surface area contributed by atoms with Crippen LogP contribution in [0.5, 0.6) is 5.75 Å². The summed E-state index contributed by atoms with van der Waals surface area (Å²) < 4.78 is 0. The minimum absolute atomic E-state index is 0.00136. The van der Waals surface area contributed by atoms with Crippen LogP contribution in [0, 0.1) is 51.8 Å². The molecule has 5 aliphatic carbocycles. The number of hydrogen-bond acceptors (Lipinski definition) is 5. The number of likely N-dealkylation sites (tertiary alicyclic amines) is 1. The van der Waals surface area contributed by atoms with Crippen molar-refractivity contribution < 1.29 is 19.5 Å². The number of benzene rings is 2. The Labute approximate surface area is 277 Å². The van der Waals surface area contributed by atoms with Crippen LogP contribution in [0.25, 0.3) is 0 Å². The lowest BCUT2D eigenvalue weighted by molar-refractivity contribution is -0.186. The van der Waals surface area contributed by atoms with Crippen LogP contribution in [-0.4, -0.2) is 32.8 Å². The highest BCUT2D eigenvalue weighted by molar-refractivity contribution is 7.80. The third-order valence-corrected chi connectivity index (χ3v) is 13.0. The average molecular weight is 640 g/mol. The molecule has 3 N–H and O–H groups in total. The molecule has 2 bridgehead atoms. The highest BCUT2D eigenvalue weighted by atomic mass is 32.1. The van der Waals surface area contributed by atoms with Crippen molar-refractivity contribution in [3.8, 4) is 5.75 Å². The molecule has 3 saturated carbocycles. The Balaban J connectivity index is 1.20. The van der Waals surface area contributed by atoms with Crippen LogP contribution in [0.3, 0.4) is 0 Å². The van der Waals surface area contributed by atoms with E-state index in [1.54, 1.807) is 29.2 Å². The van der Waals surface area contributed by atoms with E-state index in [-0.39, 0.29) is 63.6 Å². The molecule has 242 valence electrons. The maximum Gasteiger partial charge on any atom is 0.234 e. The van der Waals surface area contributed by atoms with Crippen LogP contribution in [0.2, 0.25) is 0 Å². The van der Waals surface area contributed by atoms with E-state index in [0.29, 0.717) is 18.2 Å². The van der Waals surface area contributed by atoms with E-state index in [1.165, 1.54) is 5.57 Å². The van der Waals surface area contributed by atoms with Gasteiger partial charge in [0.25, 0.3) is 0 Å². The van der Waals surface area contributed by atoms with Crippen LogP contribution in [-0.2, 0) is 20.9 Å². The molecule has 8 heteroatoms. The number of nitrogens with one attached hydrogen (secondary N) is 2. The quantitative estimate of drug-likeness (QED) is 0.144. The number of rotatable bonds is 5. The zero-order valence-corrected chi connectivity index (χ0v) is 28.0. The molecule has 1 heterocycles. The molecule has 1 saturated heterocycles. The van der Waals surface area contributed by atoms with Gasteiger partial charge in [0.1, 0.15) is 5.75 Å². The lowest BCUT2D eigenvalue weighted by Gasteiger charge is -2.68. The third-order valence-electron chi connectivity index (χ3n) is 12.8. The minimum atomic E-state index is -0.644. The summed E-state index contributed by atoms with van der Waals surface area (Å²) in [4.78, 5) is 44.3. The zero-order valence-electron chi connectivity index (χ0n) is 27.2. The van der Waals surface area contributed by atoms with Crippen molar-refractivity contribution in [2.45, 2.75) is 72.8 Å². The fraction of sp³-hybridized carbons (Fsp3) is 0.526. The van der Waals surface area contributed by atoms with Crippen molar-refractivity contribution in [2.75, 3.05) is 5.32 Å². The lowest BCUT2D eigenvalue weighted by atomic mass is 9.34. The maximum atomic E-state index is 14.4. The van der Waals surface area contributed by atoms with E-state index in [2.05, 4.69) is 44.4 Å². The first-order valence-corrected chi connectivity index (χ1v) is 17.3. The Morgan fingerprint density at radius 3 is 2.43 bits per heavy atom. The summed E-state index contributed by atoms with van der Waals surface area (Å²) in [5.74, 6) is -0.0115. The van der Waals surface area contributed by atoms with Crippen molar-refractivity contribution in [3.63, 3.8) is 0 Å². The van der Waals surface area contributed by atoms with Crippen LogP contribution in [0.15, 0.2) is 66.2 Å². The normalized spacial score (nSPS) is 36.1. The number of carbonyl (C=O) groups excluding carboxylic acids is 3. The van der Waals surface area contributed by atoms with Crippen molar-refractivity contribution in [1.29, 1.82) is 0 Å². The SMILES string of the molecule is CC(C)C1=C[C@@]23CC[C@@H]4[C@](C)(CCC[C@@]4(C)C(=O)NC(=S)Nc4ccccc4O)[C@H]2C[C@@H]1[C@H]1C(=O)N(Cc2ccccc2)C(=O)[C@H]13. The first kappa shape index (κ1) is 31.1. The van der Waals surface area contributed by atoms with Crippen molar-refractivity contribution in [3.05, 3.63) is 71.8 Å². The fourth-order valence-electron chi connectivity index (χ4n) is 10.9. The summed E-state index contributed by atoms with van der Waals surface area (Å²) in [6.07, 6.45) is 7.64. The Morgan fingerprint density at radius 2 is 1.72 bits per heavy atom. The molecule has 0 unspecified atom stereocenters. The number of phenols is 1. The topological polar surface area (TPSA) is 98.7 Å². The molecule has 3 amide bonds. The molecule has 1 aliphatic heterocycles. The minimum Gasteiger partial charge on any atom is -0.506 e. The molecule has 4 fully saturated rings. The molecule has 2 aromatic carbocycles. The van der Waals surface area contributed by atoms with Crippen LogP contribution in [0.1, 0.15) is 71.8 Å². The molecule has 8 rings (SSSR count). The van der Waals surface area contributed by atoms with Crippen LogP contribution in [0.4, 0.5) is 5.69 Å². The number of carbonyl (C=O) groups is 3. The number of imide groups is 1. The summed E-state index contributed by atoms with van der Waals surface area (Å²) >= 11 is 5.53. The van der Waals surface area contributed by atoms with Crippen LogP contribution >= 0.6 is 12.2 Å². The number of aromatic hydroxyl groups is 1. The van der Waals surface area contributed by atoms with Gasteiger partial charge in [0.15, 0.2) is 5.11 Å². The largest absolute Gasteiger partial charge is 0.506 e. The number of thiocarbonyl (C=S) groups is 1. The summed E-state index contributed by atoms with van der Waals surface area (Å²) in [5, 5.41) is 16.3. The monoisotopic (exact) mass is 639 g/mol. The molecule has 2 aromatic rings. The summed E-state index contributed by atoms with van der Waals surface area (Å²) in [7, 11) is 0. The molecule has 7 nitrogen and oxygen atoms in total. The van der Waals surface area contributed by atoms with Gasteiger partial charge in [-0.1, -0.05) is 88.2 Å². The van der Waals surface area contributed by atoms with Crippen LogP contribution < -0.4 is 10.6 Å². The predicted molar refractivity (Wildman–Crippen MR) is 181 cm³/mol. The first-order chi connectivity index (χ1) is 21.9.